The van der Waals surface area contributed by atoms with Crippen LogP contribution < -0.4 is 16.0 Å². The second kappa shape index (κ2) is 4.16. The summed E-state index contributed by atoms with van der Waals surface area (Å²) < 4.78 is 5.34. The van der Waals surface area contributed by atoms with Gasteiger partial charge in [0.05, 0.1) is 6.61 Å². The Bertz CT molecular complexity index is 282. The van der Waals surface area contributed by atoms with Gasteiger partial charge >= 0.3 is 6.03 Å². The van der Waals surface area contributed by atoms with Crippen LogP contribution in [-0.2, 0) is 9.53 Å². The van der Waals surface area contributed by atoms with E-state index in [-0.39, 0.29) is 17.9 Å². The Balaban J connectivity index is 2.07. The number of nitrogens with one attached hydrogen (secondary N) is 3. The van der Waals surface area contributed by atoms with Gasteiger partial charge in [-0.3, -0.25) is 10.1 Å². The Morgan fingerprint density at radius 2 is 2.27 bits per heavy atom. The highest BCUT2D eigenvalue weighted by Gasteiger charge is 2.41. The summed E-state index contributed by atoms with van der Waals surface area (Å²) in [4.78, 5) is 22.5. The minimum Gasteiger partial charge on any atom is -0.381 e. The predicted molar refractivity (Wildman–Crippen MR) is 52.2 cm³/mol. The molecule has 2 saturated heterocycles. The molecule has 0 saturated carbocycles. The molecule has 0 aromatic carbocycles. The molecule has 0 bridgehead atoms. The maximum atomic E-state index is 11.5. The molecule has 0 aromatic heterocycles. The van der Waals surface area contributed by atoms with E-state index in [1.54, 1.807) is 0 Å². The highest BCUT2D eigenvalue weighted by Crippen LogP contribution is 2.20. The lowest BCUT2D eigenvalue weighted by atomic mass is 9.89. The van der Waals surface area contributed by atoms with Crippen molar-refractivity contribution < 1.29 is 14.3 Å². The third kappa shape index (κ3) is 1.95. The summed E-state index contributed by atoms with van der Waals surface area (Å²) in [5.74, 6) is -0.244. The van der Waals surface area contributed by atoms with E-state index in [2.05, 4.69) is 16.0 Å². The van der Waals surface area contributed by atoms with E-state index in [0.29, 0.717) is 13.2 Å². The van der Waals surface area contributed by atoms with Crippen molar-refractivity contribution in [2.75, 3.05) is 20.3 Å². The van der Waals surface area contributed by atoms with Gasteiger partial charge in [0.2, 0.25) is 0 Å². The van der Waals surface area contributed by atoms with E-state index in [4.69, 9.17) is 4.74 Å². The highest BCUT2D eigenvalue weighted by atomic mass is 16.5. The van der Waals surface area contributed by atoms with Crippen LogP contribution >= 0.6 is 0 Å². The normalized spacial score (nSPS) is 36.2. The molecule has 3 unspecified atom stereocenters. The number of carbonyl (C=O) groups excluding carboxylic acids is 2. The van der Waals surface area contributed by atoms with Crippen molar-refractivity contribution in [3.8, 4) is 0 Å². The average molecular weight is 213 g/mol. The third-order valence-corrected chi connectivity index (χ3v) is 3.01. The van der Waals surface area contributed by atoms with Gasteiger partial charge in [-0.2, -0.15) is 0 Å². The molecule has 0 radical (unpaired) electrons. The Morgan fingerprint density at radius 3 is 2.87 bits per heavy atom. The molecule has 2 heterocycles. The lowest BCUT2D eigenvalue weighted by Gasteiger charge is -2.33. The van der Waals surface area contributed by atoms with Crippen molar-refractivity contribution in [1.82, 2.24) is 16.0 Å². The molecule has 0 aliphatic carbocycles. The summed E-state index contributed by atoms with van der Waals surface area (Å²) in [7, 11) is 1.86. The van der Waals surface area contributed by atoms with Gasteiger partial charge in [-0.15, -0.1) is 0 Å². The lowest BCUT2D eigenvalue weighted by Crippen LogP contribution is -2.52. The zero-order chi connectivity index (χ0) is 10.8. The van der Waals surface area contributed by atoms with Crippen LogP contribution in [0.2, 0.25) is 0 Å². The topological polar surface area (TPSA) is 79.5 Å². The number of amides is 3. The SMILES string of the molecule is CNC1CCOCC1C1NC(=O)NC1=O. The number of carbonyl (C=O) groups is 2. The first-order chi connectivity index (χ1) is 7.22. The number of urea groups is 1. The summed E-state index contributed by atoms with van der Waals surface area (Å²) in [6.07, 6.45) is 0.862. The minimum absolute atomic E-state index is 0.00944. The number of hydrogen-bond acceptors (Lipinski definition) is 4. The number of ether oxygens (including phenoxy) is 1. The molecule has 6 nitrogen and oxygen atoms in total. The van der Waals surface area contributed by atoms with Gasteiger partial charge in [0.15, 0.2) is 0 Å². The molecule has 2 aliphatic rings. The van der Waals surface area contributed by atoms with Crippen molar-refractivity contribution in [3.05, 3.63) is 0 Å². The highest BCUT2D eigenvalue weighted by molar-refractivity contribution is 6.04. The molecule has 84 valence electrons. The van der Waals surface area contributed by atoms with Crippen LogP contribution in [0.15, 0.2) is 0 Å². The Morgan fingerprint density at radius 1 is 1.47 bits per heavy atom. The van der Waals surface area contributed by atoms with Crippen LogP contribution in [0.3, 0.4) is 0 Å². The second-order valence-corrected chi connectivity index (χ2v) is 3.86. The van der Waals surface area contributed by atoms with Crippen LogP contribution in [0.4, 0.5) is 4.79 Å². The predicted octanol–water partition coefficient (Wildman–Crippen LogP) is -1.18. The van der Waals surface area contributed by atoms with Crippen molar-refractivity contribution in [3.63, 3.8) is 0 Å². The first-order valence-corrected chi connectivity index (χ1v) is 5.08. The van der Waals surface area contributed by atoms with E-state index in [9.17, 15) is 9.59 Å². The van der Waals surface area contributed by atoms with Crippen LogP contribution in [-0.4, -0.2) is 44.3 Å². The van der Waals surface area contributed by atoms with Gasteiger partial charge in [-0.1, -0.05) is 0 Å². The first-order valence-electron chi connectivity index (χ1n) is 5.08. The fourth-order valence-corrected chi connectivity index (χ4v) is 2.18. The Hall–Kier alpha value is -1.14. The van der Waals surface area contributed by atoms with Crippen LogP contribution in [0.25, 0.3) is 0 Å². The molecule has 2 fully saturated rings. The zero-order valence-electron chi connectivity index (χ0n) is 8.58. The molecule has 3 N–H and O–H groups in total. The molecule has 2 aliphatic heterocycles. The lowest BCUT2D eigenvalue weighted by molar-refractivity contribution is -0.123. The number of rotatable bonds is 2. The van der Waals surface area contributed by atoms with Gasteiger partial charge < -0.3 is 15.4 Å². The quantitative estimate of drug-likeness (QED) is 0.504. The average Bonchev–Trinajstić information content (AvgIpc) is 2.57. The largest absolute Gasteiger partial charge is 0.381 e. The van der Waals surface area contributed by atoms with E-state index in [1.165, 1.54) is 0 Å². The van der Waals surface area contributed by atoms with Gasteiger partial charge in [0.1, 0.15) is 6.04 Å². The minimum atomic E-state index is -0.463. The van der Waals surface area contributed by atoms with Crippen molar-refractivity contribution in [2.45, 2.75) is 18.5 Å². The van der Waals surface area contributed by atoms with Gasteiger partial charge in [-0.05, 0) is 13.5 Å². The van der Waals surface area contributed by atoms with Crippen molar-refractivity contribution in [2.24, 2.45) is 5.92 Å². The summed E-state index contributed by atoms with van der Waals surface area (Å²) in [5, 5.41) is 8.01. The molecule has 3 atom stereocenters. The number of imide groups is 1. The standard InChI is InChI=1S/C9H15N3O3/c1-10-6-2-3-15-4-5(6)7-8(13)12-9(14)11-7/h5-7,10H,2-4H2,1H3,(H2,11,12,13,14). The monoisotopic (exact) mass is 213 g/mol. The fourth-order valence-electron chi connectivity index (χ4n) is 2.18. The van der Waals surface area contributed by atoms with Gasteiger partial charge in [0, 0.05) is 18.6 Å². The molecule has 2 rings (SSSR count). The summed E-state index contributed by atoms with van der Waals surface area (Å²) in [6.45, 7) is 1.20. The Labute approximate surface area is 87.7 Å². The van der Waals surface area contributed by atoms with E-state index in [1.807, 2.05) is 7.05 Å². The molecule has 0 aromatic rings. The van der Waals surface area contributed by atoms with Crippen LogP contribution in [0.5, 0.6) is 0 Å². The zero-order valence-corrected chi connectivity index (χ0v) is 8.58. The summed E-state index contributed by atoms with van der Waals surface area (Å²) in [6, 6.07) is -0.659. The van der Waals surface area contributed by atoms with Crippen LogP contribution in [0.1, 0.15) is 6.42 Å². The molecule has 3 amide bonds. The fraction of sp³-hybridized carbons (Fsp3) is 0.778. The van der Waals surface area contributed by atoms with E-state index < -0.39 is 12.1 Å². The van der Waals surface area contributed by atoms with Crippen molar-refractivity contribution in [1.29, 1.82) is 0 Å². The summed E-state index contributed by atoms with van der Waals surface area (Å²) in [5.41, 5.74) is 0. The maximum absolute atomic E-state index is 11.5. The number of hydrogen-bond donors (Lipinski definition) is 3. The molecular weight excluding hydrogens is 198 g/mol. The second-order valence-electron chi connectivity index (χ2n) is 3.86. The molecule has 6 heteroatoms. The Kier molecular flexibility index (Phi) is 2.88. The summed E-state index contributed by atoms with van der Waals surface area (Å²) >= 11 is 0. The smallest absolute Gasteiger partial charge is 0.322 e. The molecular formula is C9H15N3O3. The third-order valence-electron chi connectivity index (χ3n) is 3.01. The van der Waals surface area contributed by atoms with Crippen molar-refractivity contribution >= 4 is 11.9 Å². The van der Waals surface area contributed by atoms with E-state index in [0.717, 1.165) is 6.42 Å². The molecule has 15 heavy (non-hydrogen) atoms. The van der Waals surface area contributed by atoms with Gasteiger partial charge in [-0.25, -0.2) is 4.79 Å². The maximum Gasteiger partial charge on any atom is 0.322 e. The van der Waals surface area contributed by atoms with E-state index >= 15 is 0 Å². The first kappa shape index (κ1) is 10.4. The van der Waals surface area contributed by atoms with Gasteiger partial charge in [0.25, 0.3) is 5.91 Å². The van der Waals surface area contributed by atoms with Crippen LogP contribution in [0, 0.1) is 5.92 Å². The molecule has 0 spiro atoms.